The van der Waals surface area contributed by atoms with E-state index in [2.05, 4.69) is 25.2 Å². The van der Waals surface area contributed by atoms with Gasteiger partial charge in [0.05, 0.1) is 24.7 Å². The van der Waals surface area contributed by atoms with E-state index in [1.165, 1.54) is 10.7 Å². The zero-order chi connectivity index (χ0) is 20.9. The first-order valence-electron chi connectivity index (χ1n) is 9.87. The maximum absolute atomic E-state index is 6.28. The van der Waals surface area contributed by atoms with Gasteiger partial charge in [0.1, 0.15) is 5.75 Å². The van der Waals surface area contributed by atoms with Crippen molar-refractivity contribution in [3.05, 3.63) is 55.0 Å². The monoisotopic (exact) mass is 406 g/mol. The van der Waals surface area contributed by atoms with Crippen LogP contribution in [-0.4, -0.2) is 41.2 Å². The topological polar surface area (TPSA) is 118 Å². The van der Waals surface area contributed by atoms with Crippen LogP contribution in [0.5, 0.6) is 5.75 Å². The van der Waals surface area contributed by atoms with Gasteiger partial charge in [-0.15, -0.1) is 0 Å². The molecule has 0 atom stereocenters. The Bertz CT molecular complexity index is 959. The fourth-order valence-electron chi connectivity index (χ4n) is 3.53. The van der Waals surface area contributed by atoms with E-state index in [0.717, 1.165) is 37.4 Å². The SMILES string of the molecule is COc1ccc(N(N)c2nc(NC3CCN(c4ccncc4)CC3)ncc2N)cc1. The summed E-state index contributed by atoms with van der Waals surface area (Å²) < 4.78 is 5.19. The molecule has 3 heterocycles. The molecule has 156 valence electrons. The molecule has 0 aliphatic carbocycles. The van der Waals surface area contributed by atoms with E-state index in [-0.39, 0.29) is 6.04 Å². The number of nitrogens with one attached hydrogen (secondary N) is 1. The maximum Gasteiger partial charge on any atom is 0.225 e. The summed E-state index contributed by atoms with van der Waals surface area (Å²) in [6, 6.07) is 11.7. The third-order valence-electron chi connectivity index (χ3n) is 5.23. The van der Waals surface area contributed by atoms with Gasteiger partial charge in [0.25, 0.3) is 0 Å². The Hall–Kier alpha value is -3.59. The van der Waals surface area contributed by atoms with Gasteiger partial charge >= 0.3 is 0 Å². The van der Waals surface area contributed by atoms with Gasteiger partial charge in [-0.05, 0) is 49.2 Å². The van der Waals surface area contributed by atoms with Crippen LogP contribution in [0.2, 0.25) is 0 Å². The Morgan fingerprint density at radius 3 is 2.47 bits per heavy atom. The highest BCUT2D eigenvalue weighted by Gasteiger charge is 2.21. The minimum Gasteiger partial charge on any atom is -0.497 e. The first-order chi connectivity index (χ1) is 14.6. The molecule has 0 bridgehead atoms. The van der Waals surface area contributed by atoms with Gasteiger partial charge in [0.2, 0.25) is 5.95 Å². The molecule has 1 aromatic carbocycles. The smallest absolute Gasteiger partial charge is 0.225 e. The molecule has 0 saturated carbocycles. The summed E-state index contributed by atoms with van der Waals surface area (Å²) >= 11 is 0. The molecule has 0 unspecified atom stereocenters. The van der Waals surface area contributed by atoms with Crippen molar-refractivity contribution >= 4 is 28.8 Å². The number of aromatic nitrogens is 3. The van der Waals surface area contributed by atoms with E-state index < -0.39 is 0 Å². The summed E-state index contributed by atoms with van der Waals surface area (Å²) in [4.78, 5) is 15.4. The van der Waals surface area contributed by atoms with Gasteiger partial charge in [-0.3, -0.25) is 9.99 Å². The van der Waals surface area contributed by atoms with E-state index in [1.807, 2.05) is 48.8 Å². The molecule has 5 N–H and O–H groups in total. The van der Waals surface area contributed by atoms with Gasteiger partial charge in [-0.2, -0.15) is 4.98 Å². The van der Waals surface area contributed by atoms with Crippen molar-refractivity contribution in [3.8, 4) is 5.75 Å². The first kappa shape index (κ1) is 19.7. The number of methoxy groups -OCH3 is 1. The molecule has 1 aliphatic rings. The second kappa shape index (κ2) is 8.83. The Morgan fingerprint density at radius 1 is 1.10 bits per heavy atom. The van der Waals surface area contributed by atoms with E-state index in [4.69, 9.17) is 16.3 Å². The predicted molar refractivity (Wildman–Crippen MR) is 119 cm³/mol. The molecule has 2 aromatic heterocycles. The number of rotatable bonds is 6. The molecule has 0 radical (unpaired) electrons. The van der Waals surface area contributed by atoms with Crippen LogP contribution in [-0.2, 0) is 0 Å². The second-order valence-electron chi connectivity index (χ2n) is 7.15. The number of piperidine rings is 1. The van der Waals surface area contributed by atoms with Crippen molar-refractivity contribution in [2.75, 3.05) is 41.2 Å². The third kappa shape index (κ3) is 4.36. The van der Waals surface area contributed by atoms with Gasteiger partial charge in [0.15, 0.2) is 5.82 Å². The number of anilines is 5. The van der Waals surface area contributed by atoms with Crippen LogP contribution < -0.4 is 31.5 Å². The van der Waals surface area contributed by atoms with Crippen molar-refractivity contribution in [2.24, 2.45) is 5.84 Å². The highest BCUT2D eigenvalue weighted by Crippen LogP contribution is 2.28. The number of benzene rings is 1. The van der Waals surface area contributed by atoms with Crippen molar-refractivity contribution in [2.45, 2.75) is 18.9 Å². The van der Waals surface area contributed by atoms with Crippen LogP contribution in [0, 0.1) is 0 Å². The highest BCUT2D eigenvalue weighted by molar-refractivity contribution is 5.70. The average molecular weight is 406 g/mol. The first-order valence-corrected chi connectivity index (χ1v) is 9.87. The van der Waals surface area contributed by atoms with E-state index in [0.29, 0.717) is 17.5 Å². The zero-order valence-electron chi connectivity index (χ0n) is 16.9. The molecule has 1 saturated heterocycles. The Morgan fingerprint density at radius 2 is 1.80 bits per heavy atom. The number of nitrogen functional groups attached to an aromatic ring is 1. The second-order valence-corrected chi connectivity index (χ2v) is 7.15. The standard InChI is InChI=1S/C21H26N8O/c1-30-18-4-2-17(3-5-18)29(23)20-19(22)14-25-21(27-20)26-15-8-12-28(13-9-15)16-6-10-24-11-7-16/h2-7,10-11,14-15H,8-9,12-13,22-23H2,1H3,(H,25,26,27). The van der Waals surface area contributed by atoms with Crippen molar-refractivity contribution in [1.29, 1.82) is 0 Å². The largest absolute Gasteiger partial charge is 0.497 e. The fourth-order valence-corrected chi connectivity index (χ4v) is 3.53. The number of pyridine rings is 1. The molecule has 3 aromatic rings. The van der Waals surface area contributed by atoms with Gasteiger partial charge < -0.3 is 20.7 Å². The lowest BCUT2D eigenvalue weighted by Gasteiger charge is -2.34. The number of ether oxygens (including phenoxy) is 1. The van der Waals surface area contributed by atoms with Crippen molar-refractivity contribution < 1.29 is 4.74 Å². The molecular formula is C21H26N8O. The third-order valence-corrected chi connectivity index (χ3v) is 5.23. The predicted octanol–water partition coefficient (Wildman–Crippen LogP) is 2.56. The minimum absolute atomic E-state index is 0.284. The normalized spacial score (nSPS) is 14.4. The van der Waals surface area contributed by atoms with Gasteiger partial charge in [-0.25, -0.2) is 10.8 Å². The van der Waals surface area contributed by atoms with Crippen LogP contribution in [0.25, 0.3) is 0 Å². The van der Waals surface area contributed by atoms with Crippen LogP contribution in [0.3, 0.4) is 0 Å². The fraction of sp³-hybridized carbons (Fsp3) is 0.286. The van der Waals surface area contributed by atoms with Crippen molar-refractivity contribution in [3.63, 3.8) is 0 Å². The van der Waals surface area contributed by atoms with Gasteiger partial charge in [-0.1, -0.05) is 0 Å². The summed E-state index contributed by atoms with van der Waals surface area (Å²) in [5, 5.41) is 4.88. The maximum atomic E-state index is 6.28. The van der Waals surface area contributed by atoms with Crippen molar-refractivity contribution in [1.82, 2.24) is 15.0 Å². The van der Waals surface area contributed by atoms with Crippen LogP contribution in [0.4, 0.5) is 28.8 Å². The summed E-state index contributed by atoms with van der Waals surface area (Å²) in [6.45, 7) is 1.91. The molecule has 0 spiro atoms. The zero-order valence-corrected chi connectivity index (χ0v) is 16.9. The van der Waals surface area contributed by atoms with Gasteiger partial charge in [0, 0.05) is 37.2 Å². The minimum atomic E-state index is 0.284. The molecule has 9 heteroatoms. The molecule has 9 nitrogen and oxygen atoms in total. The summed E-state index contributed by atoms with van der Waals surface area (Å²) in [5.74, 6) is 8.00. The molecule has 30 heavy (non-hydrogen) atoms. The van der Waals surface area contributed by atoms with E-state index in [1.54, 1.807) is 13.3 Å². The Kier molecular flexibility index (Phi) is 5.80. The van der Waals surface area contributed by atoms with Crippen LogP contribution in [0.15, 0.2) is 55.0 Å². The molecule has 1 aliphatic heterocycles. The summed E-state index contributed by atoms with van der Waals surface area (Å²) in [7, 11) is 1.62. The molecule has 0 amide bonds. The van der Waals surface area contributed by atoms with E-state index >= 15 is 0 Å². The average Bonchev–Trinajstić information content (AvgIpc) is 2.81. The Balaban J connectivity index is 1.42. The lowest BCUT2D eigenvalue weighted by Crippen LogP contribution is -2.39. The molecule has 1 fully saturated rings. The molecular weight excluding hydrogens is 380 g/mol. The van der Waals surface area contributed by atoms with E-state index in [9.17, 15) is 0 Å². The Labute approximate surface area is 175 Å². The number of nitrogens with two attached hydrogens (primary N) is 2. The van der Waals surface area contributed by atoms with Crippen LogP contribution in [0.1, 0.15) is 12.8 Å². The number of hydrazine groups is 1. The molecule has 4 rings (SSSR count). The highest BCUT2D eigenvalue weighted by atomic mass is 16.5. The number of nitrogens with zero attached hydrogens (tertiary/aromatic N) is 5. The lowest BCUT2D eigenvalue weighted by molar-refractivity contribution is 0.415. The summed E-state index contributed by atoms with van der Waals surface area (Å²) in [6.07, 6.45) is 7.20. The summed E-state index contributed by atoms with van der Waals surface area (Å²) in [5.41, 5.74) is 8.45. The quantitative estimate of drug-likeness (QED) is 0.419. The number of hydrogen-bond donors (Lipinski definition) is 3. The lowest BCUT2D eigenvalue weighted by atomic mass is 10.0. The number of hydrogen-bond acceptors (Lipinski definition) is 9. The van der Waals surface area contributed by atoms with Crippen LogP contribution >= 0.6 is 0 Å².